The Bertz CT molecular complexity index is 712. The van der Waals surface area contributed by atoms with Gasteiger partial charge in [0.25, 0.3) is 0 Å². The predicted octanol–water partition coefficient (Wildman–Crippen LogP) is 2.55. The van der Waals surface area contributed by atoms with Crippen LogP contribution in [-0.4, -0.2) is 20.9 Å². The van der Waals surface area contributed by atoms with E-state index in [0.717, 1.165) is 19.5 Å². The van der Waals surface area contributed by atoms with Crippen molar-refractivity contribution < 1.29 is 0 Å². The van der Waals surface area contributed by atoms with E-state index in [0.29, 0.717) is 0 Å². The summed E-state index contributed by atoms with van der Waals surface area (Å²) in [6.45, 7) is 4.07. The molecule has 0 fully saturated rings. The van der Waals surface area contributed by atoms with Gasteiger partial charge in [-0.05, 0) is 24.6 Å². The molecule has 2 aromatic heterocycles. The van der Waals surface area contributed by atoms with Crippen molar-refractivity contribution in [3.8, 4) is 0 Å². The summed E-state index contributed by atoms with van der Waals surface area (Å²) in [6, 6.07) is 10.7. The molecule has 0 saturated heterocycles. The van der Waals surface area contributed by atoms with Crippen LogP contribution in [0.1, 0.15) is 17.0 Å². The standard InChI is InChI=1S/C17H22N4/c1-13-15-6-4-5-7-16(15)20(2)17(13)12-18-10-8-14-9-11-19-21(14)3/h4-7,9,11,18H,8,10,12H2,1-3H3. The Morgan fingerprint density at radius 1 is 1.14 bits per heavy atom. The average molecular weight is 282 g/mol. The zero-order chi connectivity index (χ0) is 14.8. The van der Waals surface area contributed by atoms with Gasteiger partial charge in [-0.25, -0.2) is 0 Å². The lowest BCUT2D eigenvalue weighted by Crippen LogP contribution is -2.19. The van der Waals surface area contributed by atoms with Gasteiger partial charge in [-0.2, -0.15) is 5.10 Å². The molecule has 0 aliphatic rings. The van der Waals surface area contributed by atoms with E-state index in [1.807, 2.05) is 17.9 Å². The van der Waals surface area contributed by atoms with Gasteiger partial charge < -0.3 is 9.88 Å². The molecule has 2 heterocycles. The number of nitrogens with zero attached hydrogens (tertiary/aromatic N) is 3. The Morgan fingerprint density at radius 3 is 2.67 bits per heavy atom. The van der Waals surface area contributed by atoms with Crippen LogP contribution in [0.5, 0.6) is 0 Å². The molecule has 4 nitrogen and oxygen atoms in total. The van der Waals surface area contributed by atoms with Gasteiger partial charge in [0.05, 0.1) is 0 Å². The molecule has 4 heteroatoms. The highest BCUT2D eigenvalue weighted by molar-refractivity contribution is 5.85. The number of rotatable bonds is 5. The average Bonchev–Trinajstić information content (AvgIpc) is 3.00. The Hall–Kier alpha value is -2.07. The minimum atomic E-state index is 0.898. The van der Waals surface area contributed by atoms with Gasteiger partial charge in [0.15, 0.2) is 0 Å². The summed E-state index contributed by atoms with van der Waals surface area (Å²) in [5, 5.41) is 9.09. The quantitative estimate of drug-likeness (QED) is 0.730. The minimum Gasteiger partial charge on any atom is -0.346 e. The van der Waals surface area contributed by atoms with E-state index in [9.17, 15) is 0 Å². The van der Waals surface area contributed by atoms with Gasteiger partial charge in [0.1, 0.15) is 0 Å². The monoisotopic (exact) mass is 282 g/mol. The summed E-state index contributed by atoms with van der Waals surface area (Å²) in [5.41, 5.74) is 5.30. The lowest BCUT2D eigenvalue weighted by atomic mass is 10.1. The normalized spacial score (nSPS) is 11.4. The van der Waals surface area contributed by atoms with Crippen molar-refractivity contribution >= 4 is 10.9 Å². The van der Waals surface area contributed by atoms with Crippen LogP contribution in [0.25, 0.3) is 10.9 Å². The van der Waals surface area contributed by atoms with Crippen molar-refractivity contribution in [2.45, 2.75) is 19.9 Å². The van der Waals surface area contributed by atoms with Crippen LogP contribution < -0.4 is 5.32 Å². The summed E-state index contributed by atoms with van der Waals surface area (Å²) in [4.78, 5) is 0. The first-order valence-electron chi connectivity index (χ1n) is 7.39. The molecular weight excluding hydrogens is 260 g/mol. The van der Waals surface area contributed by atoms with Crippen LogP contribution in [-0.2, 0) is 27.1 Å². The first kappa shape index (κ1) is 13.9. The van der Waals surface area contributed by atoms with Crippen molar-refractivity contribution in [2.75, 3.05) is 6.54 Å². The Morgan fingerprint density at radius 2 is 1.95 bits per heavy atom. The van der Waals surface area contributed by atoms with Crippen molar-refractivity contribution in [3.63, 3.8) is 0 Å². The fraction of sp³-hybridized carbons (Fsp3) is 0.353. The van der Waals surface area contributed by atoms with Gasteiger partial charge in [-0.3, -0.25) is 4.68 Å². The van der Waals surface area contributed by atoms with E-state index in [2.05, 4.69) is 59.3 Å². The SMILES string of the molecule is Cc1c(CNCCc2ccnn2C)n(C)c2ccccc12. The number of benzene rings is 1. The van der Waals surface area contributed by atoms with Gasteiger partial charge in [-0.1, -0.05) is 18.2 Å². The zero-order valence-electron chi connectivity index (χ0n) is 12.9. The maximum absolute atomic E-state index is 4.20. The van der Waals surface area contributed by atoms with E-state index in [4.69, 9.17) is 0 Å². The highest BCUT2D eigenvalue weighted by Crippen LogP contribution is 2.24. The van der Waals surface area contributed by atoms with E-state index in [-0.39, 0.29) is 0 Å². The fourth-order valence-corrected chi connectivity index (χ4v) is 2.96. The molecule has 0 unspecified atom stereocenters. The second kappa shape index (κ2) is 5.74. The number of hydrogen-bond donors (Lipinski definition) is 1. The Balaban J connectivity index is 1.67. The number of hydrogen-bond acceptors (Lipinski definition) is 2. The zero-order valence-corrected chi connectivity index (χ0v) is 12.9. The fourth-order valence-electron chi connectivity index (χ4n) is 2.96. The largest absolute Gasteiger partial charge is 0.346 e. The molecule has 21 heavy (non-hydrogen) atoms. The molecule has 3 aromatic rings. The molecule has 0 atom stereocenters. The molecule has 0 bridgehead atoms. The Labute approximate surface area is 125 Å². The lowest BCUT2D eigenvalue weighted by molar-refractivity contribution is 0.625. The summed E-state index contributed by atoms with van der Waals surface area (Å²) >= 11 is 0. The third kappa shape index (κ3) is 2.59. The van der Waals surface area contributed by atoms with Crippen molar-refractivity contribution in [1.82, 2.24) is 19.7 Å². The summed E-state index contributed by atoms with van der Waals surface area (Å²) in [5.74, 6) is 0. The maximum atomic E-state index is 4.20. The van der Waals surface area contributed by atoms with E-state index in [1.165, 1.54) is 27.9 Å². The third-order valence-corrected chi connectivity index (χ3v) is 4.28. The van der Waals surface area contributed by atoms with Crippen LogP contribution in [0.2, 0.25) is 0 Å². The first-order valence-corrected chi connectivity index (χ1v) is 7.39. The summed E-state index contributed by atoms with van der Waals surface area (Å²) in [6.07, 6.45) is 2.85. The third-order valence-electron chi connectivity index (χ3n) is 4.28. The van der Waals surface area contributed by atoms with Gasteiger partial charge in [0.2, 0.25) is 0 Å². The number of aryl methyl sites for hydroxylation is 3. The topological polar surface area (TPSA) is 34.8 Å². The minimum absolute atomic E-state index is 0.898. The van der Waals surface area contributed by atoms with Gasteiger partial charge in [0, 0.05) is 62.1 Å². The van der Waals surface area contributed by atoms with Crippen LogP contribution >= 0.6 is 0 Å². The lowest BCUT2D eigenvalue weighted by Gasteiger charge is -2.08. The van der Waals surface area contributed by atoms with Gasteiger partial charge in [-0.15, -0.1) is 0 Å². The smallest absolute Gasteiger partial charge is 0.0492 e. The number of para-hydroxylation sites is 1. The van der Waals surface area contributed by atoms with Crippen LogP contribution in [0.4, 0.5) is 0 Å². The number of aromatic nitrogens is 3. The van der Waals surface area contributed by atoms with Crippen molar-refractivity contribution in [2.24, 2.45) is 14.1 Å². The molecule has 110 valence electrons. The number of fused-ring (bicyclic) bond motifs is 1. The summed E-state index contributed by atoms with van der Waals surface area (Å²) in [7, 11) is 4.14. The molecule has 0 saturated carbocycles. The van der Waals surface area contributed by atoms with Crippen molar-refractivity contribution in [3.05, 3.63) is 53.5 Å². The van der Waals surface area contributed by atoms with Crippen molar-refractivity contribution in [1.29, 1.82) is 0 Å². The molecule has 0 radical (unpaired) electrons. The predicted molar refractivity (Wildman–Crippen MR) is 86.3 cm³/mol. The molecule has 3 rings (SSSR count). The summed E-state index contributed by atoms with van der Waals surface area (Å²) < 4.78 is 4.23. The molecule has 1 N–H and O–H groups in total. The molecule has 1 aromatic carbocycles. The highest BCUT2D eigenvalue weighted by atomic mass is 15.3. The van der Waals surface area contributed by atoms with Crippen LogP contribution in [0, 0.1) is 6.92 Å². The molecule has 0 aliphatic carbocycles. The molecule has 0 amide bonds. The number of nitrogens with one attached hydrogen (secondary N) is 1. The van der Waals surface area contributed by atoms with Crippen LogP contribution in [0.3, 0.4) is 0 Å². The van der Waals surface area contributed by atoms with E-state index in [1.54, 1.807) is 0 Å². The first-order chi connectivity index (χ1) is 10.2. The van der Waals surface area contributed by atoms with E-state index >= 15 is 0 Å². The molecule has 0 spiro atoms. The Kier molecular flexibility index (Phi) is 3.80. The second-order valence-electron chi connectivity index (χ2n) is 5.52. The van der Waals surface area contributed by atoms with Crippen LogP contribution in [0.15, 0.2) is 36.5 Å². The molecular formula is C17H22N4. The highest BCUT2D eigenvalue weighted by Gasteiger charge is 2.10. The molecule has 0 aliphatic heterocycles. The van der Waals surface area contributed by atoms with E-state index < -0.39 is 0 Å². The second-order valence-corrected chi connectivity index (χ2v) is 5.52. The maximum Gasteiger partial charge on any atom is 0.0492 e. The van der Waals surface area contributed by atoms with Gasteiger partial charge >= 0.3 is 0 Å².